The molecule has 0 spiro atoms. The van der Waals surface area contributed by atoms with Crippen molar-refractivity contribution in [3.05, 3.63) is 29.3 Å². The Morgan fingerprint density at radius 2 is 2.14 bits per heavy atom. The minimum Gasteiger partial charge on any atom is -0.444 e. The molecule has 0 aromatic heterocycles. The van der Waals surface area contributed by atoms with Gasteiger partial charge in [0.05, 0.1) is 6.54 Å². The van der Waals surface area contributed by atoms with Crippen molar-refractivity contribution >= 4 is 11.8 Å². The van der Waals surface area contributed by atoms with E-state index in [1.54, 1.807) is 26.8 Å². The number of halogens is 2. The van der Waals surface area contributed by atoms with E-state index in [1.165, 1.54) is 0 Å². The lowest BCUT2D eigenvalue weighted by molar-refractivity contribution is 0.0636. The van der Waals surface area contributed by atoms with Gasteiger partial charge in [-0.3, -0.25) is 5.32 Å². The van der Waals surface area contributed by atoms with E-state index in [0.717, 1.165) is 24.0 Å². The molecule has 0 saturated carbocycles. The molecular formula is C16H22F2N2O2. The van der Waals surface area contributed by atoms with Crippen LogP contribution in [0.3, 0.4) is 0 Å². The second-order valence-electron chi connectivity index (χ2n) is 6.43. The van der Waals surface area contributed by atoms with Crippen LogP contribution in [0, 0.1) is 0 Å². The van der Waals surface area contributed by atoms with Crippen LogP contribution in [0.15, 0.2) is 18.2 Å². The van der Waals surface area contributed by atoms with Gasteiger partial charge in [-0.15, -0.1) is 0 Å². The summed E-state index contributed by atoms with van der Waals surface area (Å²) < 4.78 is 29.8. The molecule has 1 atom stereocenters. The van der Waals surface area contributed by atoms with Crippen LogP contribution < -0.4 is 10.6 Å². The monoisotopic (exact) mass is 312 g/mol. The van der Waals surface area contributed by atoms with Crippen LogP contribution in [0.25, 0.3) is 0 Å². The van der Waals surface area contributed by atoms with E-state index in [1.807, 2.05) is 12.1 Å². The molecule has 1 aromatic rings. The summed E-state index contributed by atoms with van der Waals surface area (Å²) in [5, 5.41) is 5.56. The SMILES string of the molecule is CC(C)(C)OC(=O)Nc1ccc2c(c1)CCC2NCC(F)F. The number of ether oxygens (including phenoxy) is 1. The minimum absolute atomic E-state index is 0.0421. The molecule has 1 unspecified atom stereocenters. The van der Waals surface area contributed by atoms with Gasteiger partial charge in [0.25, 0.3) is 6.43 Å². The van der Waals surface area contributed by atoms with Gasteiger partial charge in [-0.1, -0.05) is 6.07 Å². The maximum absolute atomic E-state index is 12.3. The Kier molecular flexibility index (Phi) is 5.01. The maximum Gasteiger partial charge on any atom is 0.412 e. The van der Waals surface area contributed by atoms with Gasteiger partial charge < -0.3 is 10.1 Å². The summed E-state index contributed by atoms with van der Waals surface area (Å²) in [7, 11) is 0. The second kappa shape index (κ2) is 6.60. The van der Waals surface area contributed by atoms with E-state index in [-0.39, 0.29) is 12.6 Å². The number of hydrogen-bond donors (Lipinski definition) is 2. The zero-order valence-corrected chi connectivity index (χ0v) is 13.1. The molecule has 0 bridgehead atoms. The Morgan fingerprint density at radius 3 is 2.77 bits per heavy atom. The lowest BCUT2D eigenvalue weighted by atomic mass is 10.1. The number of nitrogens with one attached hydrogen (secondary N) is 2. The quantitative estimate of drug-likeness (QED) is 0.887. The molecule has 0 heterocycles. The number of rotatable bonds is 4. The number of amides is 1. The first-order valence-corrected chi connectivity index (χ1v) is 7.39. The summed E-state index contributed by atoms with van der Waals surface area (Å²) in [5.74, 6) is 0. The minimum atomic E-state index is -2.35. The van der Waals surface area contributed by atoms with Gasteiger partial charge in [0.1, 0.15) is 5.60 Å². The van der Waals surface area contributed by atoms with E-state index < -0.39 is 18.1 Å². The van der Waals surface area contributed by atoms with Crippen LogP contribution in [0.4, 0.5) is 19.3 Å². The fourth-order valence-corrected chi connectivity index (χ4v) is 2.56. The average Bonchev–Trinajstić information content (AvgIpc) is 2.76. The van der Waals surface area contributed by atoms with Crippen molar-refractivity contribution in [1.29, 1.82) is 0 Å². The molecule has 0 radical (unpaired) electrons. The van der Waals surface area contributed by atoms with Crippen molar-refractivity contribution in [1.82, 2.24) is 5.32 Å². The fraction of sp³-hybridized carbons (Fsp3) is 0.562. The molecule has 0 fully saturated rings. The van der Waals surface area contributed by atoms with Gasteiger partial charge in [-0.25, -0.2) is 13.6 Å². The molecule has 1 amide bonds. The fourth-order valence-electron chi connectivity index (χ4n) is 2.56. The van der Waals surface area contributed by atoms with Crippen molar-refractivity contribution in [2.75, 3.05) is 11.9 Å². The predicted molar refractivity (Wildman–Crippen MR) is 81.4 cm³/mol. The van der Waals surface area contributed by atoms with Gasteiger partial charge in [-0.2, -0.15) is 0 Å². The normalized spacial score (nSPS) is 17.5. The summed E-state index contributed by atoms with van der Waals surface area (Å²) >= 11 is 0. The molecule has 4 nitrogen and oxygen atoms in total. The Balaban J connectivity index is 1.99. The number of hydrogen-bond acceptors (Lipinski definition) is 3. The first-order chi connectivity index (χ1) is 10.2. The van der Waals surface area contributed by atoms with Gasteiger partial charge in [0.15, 0.2) is 0 Å². The summed E-state index contributed by atoms with van der Waals surface area (Å²) in [4.78, 5) is 11.7. The largest absolute Gasteiger partial charge is 0.444 e. The molecule has 0 saturated heterocycles. The third-order valence-electron chi connectivity index (χ3n) is 3.38. The molecule has 1 aliphatic rings. The highest BCUT2D eigenvalue weighted by Crippen LogP contribution is 2.33. The van der Waals surface area contributed by atoms with Crippen LogP contribution in [0.2, 0.25) is 0 Å². The Labute approximate surface area is 129 Å². The van der Waals surface area contributed by atoms with Crippen molar-refractivity contribution in [3.8, 4) is 0 Å². The van der Waals surface area contributed by atoms with Crippen molar-refractivity contribution in [2.24, 2.45) is 0 Å². The van der Waals surface area contributed by atoms with Crippen LogP contribution in [-0.2, 0) is 11.2 Å². The summed E-state index contributed by atoms with van der Waals surface area (Å²) in [6.07, 6.45) is -1.26. The molecule has 122 valence electrons. The third kappa shape index (κ3) is 4.66. The molecule has 22 heavy (non-hydrogen) atoms. The predicted octanol–water partition coefficient (Wildman–Crippen LogP) is 3.88. The van der Waals surface area contributed by atoms with Crippen LogP contribution in [0.5, 0.6) is 0 Å². The number of carbonyl (C=O) groups is 1. The Hall–Kier alpha value is -1.69. The van der Waals surface area contributed by atoms with Gasteiger partial charge >= 0.3 is 6.09 Å². The molecule has 2 N–H and O–H groups in total. The Bertz CT molecular complexity index is 541. The first kappa shape index (κ1) is 16.7. The molecule has 2 rings (SSSR count). The van der Waals surface area contributed by atoms with E-state index in [0.29, 0.717) is 5.69 Å². The zero-order valence-electron chi connectivity index (χ0n) is 13.1. The van der Waals surface area contributed by atoms with E-state index in [9.17, 15) is 13.6 Å². The number of fused-ring (bicyclic) bond motifs is 1. The first-order valence-electron chi connectivity index (χ1n) is 7.39. The number of alkyl halides is 2. The summed E-state index contributed by atoms with van der Waals surface area (Å²) in [6.45, 7) is 5.10. The molecular weight excluding hydrogens is 290 g/mol. The highest BCUT2D eigenvalue weighted by atomic mass is 19.3. The standard InChI is InChI=1S/C16H22F2N2O2/c1-16(2,3)22-15(21)20-11-5-6-12-10(8-11)4-7-13(12)19-9-14(17)18/h5-6,8,13-14,19H,4,7,9H2,1-3H3,(H,20,21). The smallest absolute Gasteiger partial charge is 0.412 e. The highest BCUT2D eigenvalue weighted by Gasteiger charge is 2.23. The molecule has 1 aromatic carbocycles. The number of carbonyl (C=O) groups excluding carboxylic acids is 1. The van der Waals surface area contributed by atoms with Gasteiger partial charge in [0, 0.05) is 11.7 Å². The van der Waals surface area contributed by atoms with Crippen molar-refractivity contribution in [2.45, 2.75) is 51.7 Å². The average molecular weight is 312 g/mol. The van der Waals surface area contributed by atoms with Gasteiger partial charge in [0.2, 0.25) is 0 Å². The number of aryl methyl sites for hydroxylation is 1. The lowest BCUT2D eigenvalue weighted by Crippen LogP contribution is -2.27. The third-order valence-corrected chi connectivity index (χ3v) is 3.38. The molecule has 1 aliphatic carbocycles. The van der Waals surface area contributed by atoms with Crippen molar-refractivity contribution < 1.29 is 18.3 Å². The van der Waals surface area contributed by atoms with E-state index in [4.69, 9.17) is 4.74 Å². The highest BCUT2D eigenvalue weighted by molar-refractivity contribution is 5.85. The van der Waals surface area contributed by atoms with Crippen molar-refractivity contribution in [3.63, 3.8) is 0 Å². The van der Waals surface area contributed by atoms with E-state index in [2.05, 4.69) is 10.6 Å². The number of anilines is 1. The molecule has 0 aliphatic heterocycles. The Morgan fingerprint density at radius 1 is 1.41 bits per heavy atom. The molecule has 6 heteroatoms. The van der Waals surface area contributed by atoms with Crippen LogP contribution >= 0.6 is 0 Å². The van der Waals surface area contributed by atoms with Crippen LogP contribution in [0.1, 0.15) is 44.4 Å². The second-order valence-corrected chi connectivity index (χ2v) is 6.43. The zero-order chi connectivity index (χ0) is 16.3. The van der Waals surface area contributed by atoms with Gasteiger partial charge in [-0.05, 0) is 56.9 Å². The summed E-state index contributed by atoms with van der Waals surface area (Å²) in [5.41, 5.74) is 2.20. The lowest BCUT2D eigenvalue weighted by Gasteiger charge is -2.20. The van der Waals surface area contributed by atoms with E-state index >= 15 is 0 Å². The number of benzene rings is 1. The summed E-state index contributed by atoms with van der Waals surface area (Å²) in [6, 6.07) is 5.48. The van der Waals surface area contributed by atoms with Crippen LogP contribution in [-0.4, -0.2) is 24.7 Å². The maximum atomic E-state index is 12.3. The topological polar surface area (TPSA) is 50.4 Å².